The van der Waals surface area contributed by atoms with E-state index >= 15 is 0 Å². The summed E-state index contributed by atoms with van der Waals surface area (Å²) in [7, 11) is 2.01. The van der Waals surface area contributed by atoms with Gasteiger partial charge >= 0.3 is 0 Å². The quantitative estimate of drug-likeness (QED) is 0.838. The zero-order valence-electron chi connectivity index (χ0n) is 12.4. The summed E-state index contributed by atoms with van der Waals surface area (Å²) < 4.78 is 18.9. The molecule has 7 heteroatoms. The topological polar surface area (TPSA) is 66.5 Å². The first-order valence-corrected chi connectivity index (χ1v) is 7.08. The number of carbonyl (C=O) groups excluding carboxylic acids is 1. The van der Waals surface area contributed by atoms with Crippen LogP contribution in [-0.4, -0.2) is 61.7 Å². The number of ether oxygens (including phenoxy) is 1. The van der Waals surface area contributed by atoms with Gasteiger partial charge in [-0.2, -0.15) is 0 Å². The molecular weight excluding hydrogens is 275 g/mol. The van der Waals surface area contributed by atoms with E-state index in [0.29, 0.717) is 25.5 Å². The van der Waals surface area contributed by atoms with Crippen LogP contribution in [-0.2, 0) is 4.74 Å². The Balaban J connectivity index is 1.97. The van der Waals surface area contributed by atoms with E-state index in [2.05, 4.69) is 20.5 Å². The third-order valence-corrected chi connectivity index (χ3v) is 3.28. The van der Waals surface area contributed by atoms with Crippen molar-refractivity contribution >= 4 is 11.7 Å². The first-order valence-electron chi connectivity index (χ1n) is 7.08. The summed E-state index contributed by atoms with van der Waals surface area (Å²) >= 11 is 0. The summed E-state index contributed by atoms with van der Waals surface area (Å²) in [6.07, 6.45) is 1.05. The highest BCUT2D eigenvalue weighted by atomic mass is 19.1. The predicted octanol–water partition coefficient (Wildman–Crippen LogP) is 0.713. The molecule has 116 valence electrons. The van der Waals surface area contributed by atoms with E-state index in [0.717, 1.165) is 19.3 Å². The minimum atomic E-state index is -0.532. The molecule has 1 aliphatic heterocycles. The molecule has 0 radical (unpaired) electrons. The van der Waals surface area contributed by atoms with E-state index < -0.39 is 5.82 Å². The number of anilines is 1. The summed E-state index contributed by atoms with van der Waals surface area (Å²) in [4.78, 5) is 18.2. The van der Waals surface area contributed by atoms with Gasteiger partial charge in [0.2, 0.25) is 0 Å². The summed E-state index contributed by atoms with van der Waals surface area (Å²) in [5, 5.41) is 5.73. The Morgan fingerprint density at radius 1 is 1.62 bits per heavy atom. The fourth-order valence-electron chi connectivity index (χ4n) is 2.21. The van der Waals surface area contributed by atoms with Gasteiger partial charge in [0.05, 0.1) is 24.5 Å². The molecule has 21 heavy (non-hydrogen) atoms. The smallest absolute Gasteiger partial charge is 0.255 e. The van der Waals surface area contributed by atoms with E-state index in [1.54, 1.807) is 0 Å². The number of pyridine rings is 1. The van der Waals surface area contributed by atoms with Crippen LogP contribution in [0.15, 0.2) is 12.3 Å². The van der Waals surface area contributed by atoms with Crippen LogP contribution in [0.3, 0.4) is 0 Å². The van der Waals surface area contributed by atoms with E-state index in [1.165, 1.54) is 6.07 Å². The lowest BCUT2D eigenvalue weighted by Crippen LogP contribution is -2.46. The molecule has 1 fully saturated rings. The third-order valence-electron chi connectivity index (χ3n) is 3.28. The maximum atomic E-state index is 13.3. The lowest BCUT2D eigenvalue weighted by atomic mass is 10.2. The Morgan fingerprint density at radius 3 is 3.14 bits per heavy atom. The number of nitrogens with one attached hydrogen (secondary N) is 2. The van der Waals surface area contributed by atoms with Crippen molar-refractivity contribution < 1.29 is 13.9 Å². The van der Waals surface area contributed by atoms with Crippen molar-refractivity contribution in [3.8, 4) is 0 Å². The number of morpholine rings is 1. The Hall–Kier alpha value is -1.73. The van der Waals surface area contributed by atoms with Crippen molar-refractivity contribution in [3.63, 3.8) is 0 Å². The highest BCUT2D eigenvalue weighted by Gasteiger charge is 2.20. The van der Waals surface area contributed by atoms with Gasteiger partial charge in [-0.3, -0.25) is 4.79 Å². The van der Waals surface area contributed by atoms with Crippen LogP contribution in [0.2, 0.25) is 0 Å². The van der Waals surface area contributed by atoms with Gasteiger partial charge in [-0.25, -0.2) is 9.37 Å². The van der Waals surface area contributed by atoms with Crippen LogP contribution in [0.1, 0.15) is 17.3 Å². The molecule has 6 nitrogen and oxygen atoms in total. The molecule has 0 aliphatic carbocycles. The fraction of sp³-hybridized carbons (Fsp3) is 0.571. The van der Waals surface area contributed by atoms with Gasteiger partial charge in [0.1, 0.15) is 11.6 Å². The second-order valence-corrected chi connectivity index (χ2v) is 5.05. The number of amides is 1. The van der Waals surface area contributed by atoms with Crippen molar-refractivity contribution in [1.29, 1.82) is 0 Å². The summed E-state index contributed by atoms with van der Waals surface area (Å²) in [5.41, 5.74) is 0.209. The average molecular weight is 296 g/mol. The second-order valence-electron chi connectivity index (χ2n) is 5.05. The molecule has 0 spiro atoms. The van der Waals surface area contributed by atoms with Crippen molar-refractivity contribution in [1.82, 2.24) is 15.2 Å². The Labute approximate surface area is 123 Å². The monoisotopic (exact) mass is 296 g/mol. The summed E-state index contributed by atoms with van der Waals surface area (Å²) in [6.45, 7) is 5.20. The molecule has 2 rings (SSSR count). The van der Waals surface area contributed by atoms with Gasteiger partial charge in [0, 0.05) is 26.2 Å². The van der Waals surface area contributed by atoms with Crippen LogP contribution < -0.4 is 10.6 Å². The van der Waals surface area contributed by atoms with E-state index in [4.69, 9.17) is 4.74 Å². The van der Waals surface area contributed by atoms with Crippen molar-refractivity contribution in [3.05, 3.63) is 23.6 Å². The Morgan fingerprint density at radius 2 is 2.43 bits per heavy atom. The van der Waals surface area contributed by atoms with E-state index in [-0.39, 0.29) is 17.6 Å². The van der Waals surface area contributed by atoms with Crippen LogP contribution in [0.25, 0.3) is 0 Å². The van der Waals surface area contributed by atoms with E-state index in [1.807, 2.05) is 14.0 Å². The molecule has 1 aromatic rings. The molecule has 1 aliphatic rings. The molecule has 1 atom stereocenters. The number of hydrogen-bond donors (Lipinski definition) is 2. The lowest BCUT2D eigenvalue weighted by molar-refractivity contribution is -0.0175. The normalized spacial score (nSPS) is 19.3. The number of rotatable bonds is 5. The summed E-state index contributed by atoms with van der Waals surface area (Å²) in [5.74, 6) is -0.497. The molecule has 1 unspecified atom stereocenters. The van der Waals surface area contributed by atoms with Crippen molar-refractivity contribution in [2.75, 3.05) is 45.2 Å². The number of likely N-dealkylation sites (N-methyl/N-ethyl adjacent to an activating group) is 1. The fourth-order valence-corrected chi connectivity index (χ4v) is 2.21. The standard InChI is InChI=1S/C14H21FN4O2/c1-3-16-13-12(6-10(15)7-17-13)14(20)18-8-11-9-19(2)4-5-21-11/h6-7,11H,3-5,8-9H2,1-2H3,(H,16,17)(H,18,20). The largest absolute Gasteiger partial charge is 0.374 e. The molecular formula is C14H21FN4O2. The molecule has 0 bridgehead atoms. The first-order chi connectivity index (χ1) is 10.1. The highest BCUT2D eigenvalue weighted by molar-refractivity contribution is 5.98. The Kier molecular flexibility index (Phi) is 5.46. The van der Waals surface area contributed by atoms with Gasteiger partial charge in [0.25, 0.3) is 5.91 Å². The zero-order chi connectivity index (χ0) is 15.2. The number of hydrogen-bond acceptors (Lipinski definition) is 5. The number of carbonyl (C=O) groups is 1. The lowest BCUT2D eigenvalue weighted by Gasteiger charge is -2.30. The molecule has 1 amide bonds. The molecule has 0 aromatic carbocycles. The highest BCUT2D eigenvalue weighted by Crippen LogP contribution is 2.13. The number of nitrogens with zero attached hydrogens (tertiary/aromatic N) is 2. The van der Waals surface area contributed by atoms with E-state index in [9.17, 15) is 9.18 Å². The van der Waals surface area contributed by atoms with Gasteiger partial charge in [-0.1, -0.05) is 0 Å². The van der Waals surface area contributed by atoms with Crippen molar-refractivity contribution in [2.24, 2.45) is 0 Å². The maximum absolute atomic E-state index is 13.3. The van der Waals surface area contributed by atoms with Crippen LogP contribution >= 0.6 is 0 Å². The SMILES string of the molecule is CCNc1ncc(F)cc1C(=O)NCC1CN(C)CCO1. The molecule has 1 aromatic heterocycles. The minimum Gasteiger partial charge on any atom is -0.374 e. The van der Waals surface area contributed by atoms with Gasteiger partial charge in [-0.15, -0.1) is 0 Å². The number of aromatic nitrogens is 1. The van der Waals surface area contributed by atoms with Crippen molar-refractivity contribution in [2.45, 2.75) is 13.0 Å². The molecule has 2 heterocycles. The van der Waals surface area contributed by atoms with Crippen LogP contribution in [0.4, 0.5) is 10.2 Å². The van der Waals surface area contributed by atoms with Crippen LogP contribution in [0, 0.1) is 5.82 Å². The third kappa shape index (κ3) is 4.37. The first kappa shape index (κ1) is 15.7. The predicted molar refractivity (Wildman–Crippen MR) is 77.9 cm³/mol. The molecule has 0 saturated carbocycles. The maximum Gasteiger partial charge on any atom is 0.255 e. The van der Waals surface area contributed by atoms with Gasteiger partial charge in [-0.05, 0) is 20.0 Å². The molecule has 1 saturated heterocycles. The summed E-state index contributed by atoms with van der Waals surface area (Å²) in [6, 6.07) is 1.19. The van der Waals surface area contributed by atoms with Gasteiger partial charge < -0.3 is 20.3 Å². The number of halogens is 1. The zero-order valence-corrected chi connectivity index (χ0v) is 12.4. The minimum absolute atomic E-state index is 0.0446. The van der Waals surface area contributed by atoms with Crippen LogP contribution in [0.5, 0.6) is 0 Å². The Bertz CT molecular complexity index is 498. The van der Waals surface area contributed by atoms with Gasteiger partial charge in [0.15, 0.2) is 0 Å². The average Bonchev–Trinajstić information content (AvgIpc) is 2.47. The second kappa shape index (κ2) is 7.33. The molecule has 2 N–H and O–H groups in total.